The Labute approximate surface area is 159 Å². The van der Waals surface area contributed by atoms with E-state index >= 15 is 0 Å². The minimum atomic E-state index is -3.84. The fraction of sp³-hybridized carbons (Fsp3) is 0.316. The fourth-order valence-corrected chi connectivity index (χ4v) is 5.62. The molecule has 7 heteroatoms. The number of anilines is 1. The molecular weight excluding hydrogens is 368 g/mol. The third-order valence-corrected chi connectivity index (χ3v) is 7.27. The van der Waals surface area contributed by atoms with Crippen LogP contribution >= 0.6 is 11.8 Å². The average molecular weight is 391 g/mol. The number of carbonyl (C=O) groups is 1. The monoisotopic (exact) mass is 390 g/mol. The van der Waals surface area contributed by atoms with Crippen molar-refractivity contribution in [3.05, 3.63) is 53.6 Å². The van der Waals surface area contributed by atoms with Crippen LogP contribution in [0.2, 0.25) is 0 Å². The maximum Gasteiger partial charge on any atom is 0.270 e. The number of hydrogen-bond donors (Lipinski definition) is 0. The molecule has 5 nitrogen and oxygen atoms in total. The SMILES string of the molecule is CC(C)c1cc(N(C)C)cc2c1C(=O)N(CSc1ccccc1)S2(=O)=O. The van der Waals surface area contributed by atoms with E-state index in [1.54, 1.807) is 6.07 Å². The zero-order valence-electron chi connectivity index (χ0n) is 15.3. The molecule has 26 heavy (non-hydrogen) atoms. The third kappa shape index (κ3) is 3.21. The van der Waals surface area contributed by atoms with Crippen LogP contribution in [0.15, 0.2) is 52.3 Å². The van der Waals surface area contributed by atoms with E-state index in [1.807, 2.05) is 69.2 Å². The second-order valence-corrected chi connectivity index (χ2v) is 9.55. The van der Waals surface area contributed by atoms with Gasteiger partial charge in [-0.3, -0.25) is 4.79 Å². The second kappa shape index (κ2) is 6.96. The van der Waals surface area contributed by atoms with Gasteiger partial charge >= 0.3 is 0 Å². The van der Waals surface area contributed by atoms with Crippen LogP contribution < -0.4 is 4.90 Å². The Morgan fingerprint density at radius 2 is 1.77 bits per heavy atom. The van der Waals surface area contributed by atoms with Gasteiger partial charge in [-0.2, -0.15) is 0 Å². The van der Waals surface area contributed by atoms with Gasteiger partial charge in [0.15, 0.2) is 0 Å². The molecule has 0 aliphatic carbocycles. The highest BCUT2D eigenvalue weighted by atomic mass is 32.2. The van der Waals surface area contributed by atoms with Gasteiger partial charge in [0.25, 0.3) is 15.9 Å². The highest BCUT2D eigenvalue weighted by Crippen LogP contribution is 2.39. The predicted molar refractivity (Wildman–Crippen MR) is 105 cm³/mol. The Kier molecular flexibility index (Phi) is 5.03. The number of rotatable bonds is 5. The molecule has 0 N–H and O–H groups in total. The summed E-state index contributed by atoms with van der Waals surface area (Å²) in [6, 6.07) is 13.0. The van der Waals surface area contributed by atoms with Crippen molar-refractivity contribution in [1.29, 1.82) is 0 Å². The lowest BCUT2D eigenvalue weighted by Gasteiger charge is -2.17. The van der Waals surface area contributed by atoms with E-state index in [4.69, 9.17) is 0 Å². The van der Waals surface area contributed by atoms with E-state index < -0.39 is 15.9 Å². The first-order valence-corrected chi connectivity index (χ1v) is 10.8. The molecule has 0 saturated carbocycles. The average Bonchev–Trinajstić information content (AvgIpc) is 2.79. The number of nitrogens with zero attached hydrogens (tertiary/aromatic N) is 2. The molecule has 0 atom stereocenters. The first-order chi connectivity index (χ1) is 12.2. The van der Waals surface area contributed by atoms with Crippen LogP contribution in [-0.2, 0) is 10.0 Å². The minimum Gasteiger partial charge on any atom is -0.378 e. The van der Waals surface area contributed by atoms with Gasteiger partial charge < -0.3 is 4.90 Å². The number of amides is 1. The summed E-state index contributed by atoms with van der Waals surface area (Å²) in [5.41, 5.74) is 1.87. The highest BCUT2D eigenvalue weighted by Gasteiger charge is 2.43. The molecular formula is C19H22N2O3S2. The van der Waals surface area contributed by atoms with Crippen LogP contribution in [0, 0.1) is 0 Å². The van der Waals surface area contributed by atoms with E-state index in [2.05, 4.69) is 0 Å². The van der Waals surface area contributed by atoms with Crippen LogP contribution in [0.3, 0.4) is 0 Å². The van der Waals surface area contributed by atoms with Crippen molar-refractivity contribution in [2.45, 2.75) is 29.6 Å². The van der Waals surface area contributed by atoms with E-state index in [0.717, 1.165) is 20.5 Å². The van der Waals surface area contributed by atoms with Gasteiger partial charge in [-0.25, -0.2) is 12.7 Å². The summed E-state index contributed by atoms with van der Waals surface area (Å²) in [5.74, 6) is -0.323. The lowest BCUT2D eigenvalue weighted by Crippen LogP contribution is -2.29. The number of fused-ring (bicyclic) bond motifs is 1. The molecule has 1 heterocycles. The zero-order valence-corrected chi connectivity index (χ0v) is 16.9. The summed E-state index contributed by atoms with van der Waals surface area (Å²) >= 11 is 1.33. The summed E-state index contributed by atoms with van der Waals surface area (Å²) in [7, 11) is -0.123. The number of benzene rings is 2. The maximum absolute atomic E-state index is 13.0. The molecule has 138 valence electrons. The van der Waals surface area contributed by atoms with Gasteiger partial charge in [0.05, 0.1) is 11.4 Å². The normalized spacial score (nSPS) is 15.4. The van der Waals surface area contributed by atoms with Gasteiger partial charge in [0.1, 0.15) is 4.90 Å². The fourth-order valence-electron chi connectivity index (χ4n) is 2.90. The van der Waals surface area contributed by atoms with Crippen molar-refractivity contribution in [1.82, 2.24) is 4.31 Å². The number of carbonyl (C=O) groups excluding carboxylic acids is 1. The molecule has 0 saturated heterocycles. The molecule has 2 aromatic rings. The van der Waals surface area contributed by atoms with Gasteiger partial charge in [-0.05, 0) is 35.7 Å². The Morgan fingerprint density at radius 1 is 1.12 bits per heavy atom. The van der Waals surface area contributed by atoms with Crippen molar-refractivity contribution in [2.75, 3.05) is 24.9 Å². The number of sulfonamides is 1. The summed E-state index contributed by atoms with van der Waals surface area (Å²) in [6.07, 6.45) is 0. The zero-order chi connectivity index (χ0) is 19.1. The summed E-state index contributed by atoms with van der Waals surface area (Å²) < 4.78 is 27.1. The van der Waals surface area contributed by atoms with Crippen molar-refractivity contribution < 1.29 is 13.2 Å². The van der Waals surface area contributed by atoms with Gasteiger partial charge in [0, 0.05) is 24.7 Å². The number of hydrogen-bond acceptors (Lipinski definition) is 5. The molecule has 0 fully saturated rings. The van der Waals surface area contributed by atoms with Crippen molar-refractivity contribution in [3.63, 3.8) is 0 Å². The van der Waals surface area contributed by atoms with Crippen molar-refractivity contribution in [2.24, 2.45) is 0 Å². The van der Waals surface area contributed by atoms with Gasteiger partial charge in [-0.15, -0.1) is 11.8 Å². The standard InChI is InChI=1S/C19H22N2O3S2/c1-13(2)16-10-14(20(3)4)11-17-18(16)19(22)21(26(17,23)24)12-25-15-8-6-5-7-9-15/h5-11,13H,12H2,1-4H3. The smallest absolute Gasteiger partial charge is 0.270 e. The van der Waals surface area contributed by atoms with E-state index in [1.165, 1.54) is 11.8 Å². The van der Waals surface area contributed by atoms with E-state index in [-0.39, 0.29) is 16.7 Å². The molecule has 1 aliphatic rings. The predicted octanol–water partition coefficient (Wildman–Crippen LogP) is 3.77. The third-order valence-electron chi connectivity index (χ3n) is 4.36. The molecule has 0 aromatic heterocycles. The Morgan fingerprint density at radius 3 is 2.35 bits per heavy atom. The van der Waals surface area contributed by atoms with Crippen LogP contribution in [-0.4, -0.2) is 38.6 Å². The summed E-state index contributed by atoms with van der Waals surface area (Å²) in [4.78, 5) is 15.9. The largest absolute Gasteiger partial charge is 0.378 e. The van der Waals surface area contributed by atoms with Crippen LogP contribution in [0.5, 0.6) is 0 Å². The quantitative estimate of drug-likeness (QED) is 0.728. The Balaban J connectivity index is 2.03. The minimum absolute atomic E-state index is 0.0459. The lowest BCUT2D eigenvalue weighted by atomic mass is 9.95. The first-order valence-electron chi connectivity index (χ1n) is 8.33. The Bertz CT molecular complexity index is 939. The number of thioether (sulfide) groups is 1. The van der Waals surface area contributed by atoms with Crippen LogP contribution in [0.1, 0.15) is 35.7 Å². The van der Waals surface area contributed by atoms with Gasteiger partial charge in [0.2, 0.25) is 0 Å². The molecule has 0 unspecified atom stereocenters. The lowest BCUT2D eigenvalue weighted by molar-refractivity contribution is 0.0885. The summed E-state index contributed by atoms with van der Waals surface area (Å²) in [5, 5.41) is 0. The first kappa shape index (κ1) is 18.8. The molecule has 0 radical (unpaired) electrons. The van der Waals surface area contributed by atoms with Crippen molar-refractivity contribution >= 4 is 33.4 Å². The molecule has 2 aromatic carbocycles. The van der Waals surface area contributed by atoms with E-state index in [0.29, 0.717) is 5.56 Å². The molecule has 0 bridgehead atoms. The molecule has 0 spiro atoms. The topological polar surface area (TPSA) is 57.7 Å². The van der Waals surface area contributed by atoms with Crippen LogP contribution in [0.25, 0.3) is 0 Å². The highest BCUT2D eigenvalue weighted by molar-refractivity contribution is 8.00. The molecule has 1 aliphatic heterocycles. The maximum atomic E-state index is 13.0. The van der Waals surface area contributed by atoms with Gasteiger partial charge in [-0.1, -0.05) is 32.0 Å². The van der Waals surface area contributed by atoms with E-state index in [9.17, 15) is 13.2 Å². The Hall–Kier alpha value is -1.99. The molecule has 3 rings (SSSR count). The summed E-state index contributed by atoms with van der Waals surface area (Å²) in [6.45, 7) is 3.94. The van der Waals surface area contributed by atoms with Crippen LogP contribution in [0.4, 0.5) is 5.69 Å². The van der Waals surface area contributed by atoms with Crippen molar-refractivity contribution in [3.8, 4) is 0 Å². The molecule has 1 amide bonds. The second-order valence-electron chi connectivity index (χ2n) is 6.70.